The normalized spacial score (nSPS) is 23.5. The Morgan fingerprint density at radius 3 is 2.71 bits per heavy atom. The van der Waals surface area contributed by atoms with Gasteiger partial charge in [-0.3, -0.25) is 0 Å². The third-order valence-corrected chi connectivity index (χ3v) is 5.67. The zero-order chi connectivity index (χ0) is 11.9. The first-order chi connectivity index (χ1) is 8.17. The zero-order valence-corrected chi connectivity index (χ0v) is 10.6. The van der Waals surface area contributed by atoms with Crippen LogP contribution in [0.1, 0.15) is 29.9 Å². The number of hydrogen-bond donors (Lipinski definition) is 1. The minimum Gasteiger partial charge on any atom is -0.317 e. The lowest BCUT2D eigenvalue weighted by atomic mass is 9.89. The summed E-state index contributed by atoms with van der Waals surface area (Å²) < 4.78 is 23.8. The fourth-order valence-electron chi connectivity index (χ4n) is 2.83. The van der Waals surface area contributed by atoms with Gasteiger partial charge >= 0.3 is 0 Å². The fraction of sp³-hybridized carbons (Fsp3) is 0.538. The zero-order valence-electron chi connectivity index (χ0n) is 9.78. The van der Waals surface area contributed by atoms with Crippen LogP contribution in [0.2, 0.25) is 0 Å². The molecule has 0 aromatic heterocycles. The number of rotatable bonds is 1. The lowest BCUT2D eigenvalue weighted by Gasteiger charge is -2.23. The van der Waals surface area contributed by atoms with Crippen LogP contribution in [0.4, 0.5) is 0 Å². The molecule has 0 amide bonds. The Morgan fingerprint density at radius 2 is 1.94 bits per heavy atom. The van der Waals surface area contributed by atoms with Crippen LogP contribution in [0.25, 0.3) is 0 Å². The Hall–Kier alpha value is -0.870. The summed E-state index contributed by atoms with van der Waals surface area (Å²) in [6.45, 7) is 2.07. The van der Waals surface area contributed by atoms with E-state index in [0.717, 1.165) is 31.5 Å². The van der Waals surface area contributed by atoms with E-state index in [4.69, 9.17) is 0 Å². The van der Waals surface area contributed by atoms with Gasteiger partial charge in [-0.15, -0.1) is 0 Å². The molecular formula is C13H17NO2S. The molecule has 1 saturated heterocycles. The van der Waals surface area contributed by atoms with E-state index < -0.39 is 9.84 Å². The first kappa shape index (κ1) is 11.2. The van der Waals surface area contributed by atoms with Crippen LogP contribution < -0.4 is 5.32 Å². The standard InChI is InChI=1S/C13H17NO2S/c15-17(16)8-5-11-1-2-12(9-13(11)17)10-3-6-14-7-4-10/h1-2,9-10,14H,3-8H2. The second-order valence-electron chi connectivity index (χ2n) is 4.96. The van der Waals surface area contributed by atoms with Gasteiger partial charge in [-0.25, -0.2) is 8.42 Å². The largest absolute Gasteiger partial charge is 0.317 e. The van der Waals surface area contributed by atoms with Crippen LogP contribution in [0, 0.1) is 0 Å². The van der Waals surface area contributed by atoms with Gasteiger partial charge in [-0.05, 0) is 55.5 Å². The van der Waals surface area contributed by atoms with Crippen molar-refractivity contribution in [1.29, 1.82) is 0 Å². The maximum absolute atomic E-state index is 11.9. The summed E-state index contributed by atoms with van der Waals surface area (Å²) in [5.74, 6) is 0.815. The van der Waals surface area contributed by atoms with Crippen molar-refractivity contribution in [3.05, 3.63) is 29.3 Å². The third-order valence-electron chi connectivity index (χ3n) is 3.88. The average molecular weight is 251 g/mol. The van der Waals surface area contributed by atoms with Crippen LogP contribution in [0.15, 0.2) is 23.1 Å². The van der Waals surface area contributed by atoms with Crippen molar-refractivity contribution in [2.24, 2.45) is 0 Å². The lowest BCUT2D eigenvalue weighted by molar-refractivity contribution is 0.460. The van der Waals surface area contributed by atoms with Gasteiger partial charge in [0.05, 0.1) is 10.6 Å². The van der Waals surface area contributed by atoms with Crippen LogP contribution in [-0.4, -0.2) is 27.3 Å². The molecule has 2 aliphatic heterocycles. The minimum absolute atomic E-state index is 0.290. The molecule has 0 unspecified atom stereocenters. The summed E-state index contributed by atoms with van der Waals surface area (Å²) in [5.41, 5.74) is 2.21. The van der Waals surface area contributed by atoms with Crippen molar-refractivity contribution in [2.45, 2.75) is 30.1 Å². The first-order valence-corrected chi connectivity index (χ1v) is 7.88. The highest BCUT2D eigenvalue weighted by molar-refractivity contribution is 7.91. The lowest BCUT2D eigenvalue weighted by Crippen LogP contribution is -2.26. The fourth-order valence-corrected chi connectivity index (χ4v) is 4.42. The molecule has 3 nitrogen and oxygen atoms in total. The van der Waals surface area contributed by atoms with Gasteiger partial charge in [0.2, 0.25) is 0 Å². The highest BCUT2D eigenvalue weighted by atomic mass is 32.2. The van der Waals surface area contributed by atoms with Crippen molar-refractivity contribution in [3.63, 3.8) is 0 Å². The van der Waals surface area contributed by atoms with E-state index in [0.29, 0.717) is 17.2 Å². The van der Waals surface area contributed by atoms with E-state index in [1.807, 2.05) is 12.1 Å². The molecule has 17 heavy (non-hydrogen) atoms. The van der Waals surface area contributed by atoms with Crippen LogP contribution in [0.3, 0.4) is 0 Å². The van der Waals surface area contributed by atoms with Crippen LogP contribution in [0.5, 0.6) is 0 Å². The number of nitrogens with one attached hydrogen (secondary N) is 1. The molecule has 92 valence electrons. The number of fused-ring (bicyclic) bond motifs is 1. The molecule has 2 aliphatic rings. The Morgan fingerprint density at radius 1 is 1.18 bits per heavy atom. The summed E-state index contributed by atoms with van der Waals surface area (Å²) in [6, 6.07) is 6.06. The molecule has 2 heterocycles. The van der Waals surface area contributed by atoms with Crippen molar-refractivity contribution < 1.29 is 8.42 Å². The van der Waals surface area contributed by atoms with E-state index in [1.165, 1.54) is 5.56 Å². The van der Waals surface area contributed by atoms with Gasteiger partial charge in [0.25, 0.3) is 0 Å². The molecule has 0 atom stereocenters. The number of piperidine rings is 1. The number of benzene rings is 1. The monoisotopic (exact) mass is 251 g/mol. The Kier molecular flexibility index (Phi) is 2.71. The van der Waals surface area contributed by atoms with Gasteiger partial charge in [-0.1, -0.05) is 12.1 Å². The average Bonchev–Trinajstić information content (AvgIpc) is 2.66. The maximum atomic E-state index is 11.9. The predicted molar refractivity (Wildman–Crippen MR) is 67.0 cm³/mol. The molecule has 4 heteroatoms. The van der Waals surface area contributed by atoms with E-state index in [9.17, 15) is 8.42 Å². The predicted octanol–water partition coefficient (Wildman–Crippen LogP) is 1.48. The van der Waals surface area contributed by atoms with Gasteiger partial charge in [0.15, 0.2) is 9.84 Å². The molecule has 1 fully saturated rings. The molecule has 0 saturated carbocycles. The first-order valence-electron chi connectivity index (χ1n) is 6.23. The topological polar surface area (TPSA) is 46.2 Å². The van der Waals surface area contributed by atoms with Crippen molar-refractivity contribution >= 4 is 9.84 Å². The Bertz CT molecular complexity index is 530. The molecule has 0 spiro atoms. The third kappa shape index (κ3) is 2.00. The van der Waals surface area contributed by atoms with Crippen molar-refractivity contribution in [1.82, 2.24) is 5.32 Å². The summed E-state index contributed by atoms with van der Waals surface area (Å²) in [5, 5.41) is 3.33. The van der Waals surface area contributed by atoms with Crippen molar-refractivity contribution in [2.75, 3.05) is 18.8 Å². The molecule has 3 rings (SSSR count). The second kappa shape index (κ2) is 4.10. The highest BCUT2D eigenvalue weighted by Gasteiger charge is 2.27. The number of sulfone groups is 1. The van der Waals surface area contributed by atoms with Gasteiger partial charge in [0.1, 0.15) is 0 Å². The summed E-state index contributed by atoms with van der Waals surface area (Å²) in [7, 11) is -2.98. The van der Waals surface area contributed by atoms with E-state index in [-0.39, 0.29) is 5.75 Å². The van der Waals surface area contributed by atoms with E-state index >= 15 is 0 Å². The quantitative estimate of drug-likeness (QED) is 0.822. The maximum Gasteiger partial charge on any atom is 0.178 e. The molecule has 1 aromatic carbocycles. The van der Waals surface area contributed by atoms with E-state index in [1.54, 1.807) is 0 Å². The van der Waals surface area contributed by atoms with E-state index in [2.05, 4.69) is 11.4 Å². The van der Waals surface area contributed by atoms with Crippen LogP contribution in [-0.2, 0) is 16.3 Å². The Balaban J connectivity index is 1.98. The van der Waals surface area contributed by atoms with Crippen LogP contribution >= 0.6 is 0 Å². The number of aryl methyl sites for hydroxylation is 1. The summed E-state index contributed by atoms with van der Waals surface area (Å²) >= 11 is 0. The van der Waals surface area contributed by atoms with Gasteiger partial charge in [0, 0.05) is 0 Å². The van der Waals surface area contributed by atoms with Gasteiger partial charge in [-0.2, -0.15) is 0 Å². The summed E-state index contributed by atoms with van der Waals surface area (Å²) in [6.07, 6.45) is 2.90. The molecular weight excluding hydrogens is 234 g/mol. The highest BCUT2D eigenvalue weighted by Crippen LogP contribution is 2.32. The molecule has 1 aromatic rings. The molecule has 0 bridgehead atoms. The number of hydrogen-bond acceptors (Lipinski definition) is 3. The summed E-state index contributed by atoms with van der Waals surface area (Å²) in [4.78, 5) is 0.591. The van der Waals surface area contributed by atoms with Gasteiger partial charge < -0.3 is 5.32 Å². The van der Waals surface area contributed by atoms with Crippen molar-refractivity contribution in [3.8, 4) is 0 Å². The minimum atomic E-state index is -2.98. The second-order valence-corrected chi connectivity index (χ2v) is 7.04. The smallest absolute Gasteiger partial charge is 0.178 e. The Labute approximate surface area is 102 Å². The molecule has 1 N–H and O–H groups in total. The molecule has 0 aliphatic carbocycles. The molecule has 0 radical (unpaired) electrons. The SMILES string of the molecule is O=S1(=O)CCc2ccc(C3CCNCC3)cc21.